The number of ether oxygens (including phenoxy) is 1. The molecule has 0 fully saturated rings. The number of aromatic nitrogens is 1. The zero-order chi connectivity index (χ0) is 13.0. The van der Waals surface area contributed by atoms with Gasteiger partial charge in [0.2, 0.25) is 0 Å². The molecule has 1 N–H and O–H groups in total. The van der Waals surface area contributed by atoms with Gasteiger partial charge in [-0.25, -0.2) is 0 Å². The predicted octanol–water partition coefficient (Wildman–Crippen LogP) is 3.44. The third-order valence-electron chi connectivity index (χ3n) is 3.02. The molecule has 0 radical (unpaired) electrons. The van der Waals surface area contributed by atoms with Crippen molar-refractivity contribution in [3.05, 3.63) is 47.8 Å². The van der Waals surface area contributed by atoms with Crippen molar-refractivity contribution < 1.29 is 4.74 Å². The summed E-state index contributed by atoms with van der Waals surface area (Å²) in [5.41, 5.74) is 3.52. The first-order valence-corrected chi connectivity index (χ1v) is 6.26. The normalized spacial score (nSPS) is 10.4. The number of hydrogen-bond donors (Lipinski definition) is 1. The summed E-state index contributed by atoms with van der Waals surface area (Å²) in [4.78, 5) is 0. The van der Waals surface area contributed by atoms with Crippen LogP contribution >= 0.6 is 0 Å². The maximum atomic E-state index is 5.37. The molecule has 1 aromatic carbocycles. The van der Waals surface area contributed by atoms with Gasteiger partial charge in [-0.2, -0.15) is 0 Å². The number of methoxy groups -OCH3 is 1. The number of nitrogens with zero attached hydrogens (tertiary/aromatic N) is 1. The van der Waals surface area contributed by atoms with Crippen LogP contribution in [0.5, 0.6) is 5.75 Å². The van der Waals surface area contributed by atoms with Crippen molar-refractivity contribution in [1.82, 2.24) is 4.57 Å². The molecule has 0 atom stereocenters. The number of aryl methyl sites for hydroxylation is 2. The third kappa shape index (κ3) is 2.86. The summed E-state index contributed by atoms with van der Waals surface area (Å²) < 4.78 is 7.54. The van der Waals surface area contributed by atoms with Gasteiger partial charge in [0.25, 0.3) is 0 Å². The number of nitrogens with one attached hydrogen (secondary N) is 1. The molecular weight excluding hydrogens is 224 g/mol. The summed E-state index contributed by atoms with van der Waals surface area (Å²) in [5.74, 6) is 0.893. The SMILES string of the molecule is CCn1ccc(CNc2ccc(C)cc2OC)c1. The van der Waals surface area contributed by atoms with Crippen molar-refractivity contribution in [1.29, 1.82) is 0 Å². The molecule has 2 aromatic rings. The highest BCUT2D eigenvalue weighted by molar-refractivity contribution is 5.57. The first kappa shape index (κ1) is 12.6. The van der Waals surface area contributed by atoms with Gasteiger partial charge in [-0.05, 0) is 43.2 Å². The molecule has 1 aromatic heterocycles. The standard InChI is InChI=1S/C15H20N2O/c1-4-17-8-7-13(11-17)10-16-14-6-5-12(2)9-15(14)18-3/h5-9,11,16H,4,10H2,1-3H3. The monoisotopic (exact) mass is 244 g/mol. The van der Waals surface area contributed by atoms with Crippen LogP contribution in [0.1, 0.15) is 18.1 Å². The molecule has 3 heteroatoms. The van der Waals surface area contributed by atoms with Crippen molar-refractivity contribution in [2.75, 3.05) is 12.4 Å². The van der Waals surface area contributed by atoms with E-state index in [1.165, 1.54) is 11.1 Å². The molecule has 96 valence electrons. The summed E-state index contributed by atoms with van der Waals surface area (Å²) in [6.07, 6.45) is 4.26. The topological polar surface area (TPSA) is 26.2 Å². The van der Waals surface area contributed by atoms with E-state index in [1.54, 1.807) is 7.11 Å². The quantitative estimate of drug-likeness (QED) is 0.872. The van der Waals surface area contributed by atoms with Gasteiger partial charge >= 0.3 is 0 Å². The Morgan fingerprint density at radius 3 is 2.78 bits per heavy atom. The van der Waals surface area contributed by atoms with E-state index in [4.69, 9.17) is 4.74 Å². The van der Waals surface area contributed by atoms with Crippen LogP contribution in [0.3, 0.4) is 0 Å². The second-order valence-corrected chi connectivity index (χ2v) is 4.41. The highest BCUT2D eigenvalue weighted by Crippen LogP contribution is 2.25. The summed E-state index contributed by atoms with van der Waals surface area (Å²) in [7, 11) is 1.70. The Bertz CT molecular complexity index is 517. The molecule has 3 nitrogen and oxygen atoms in total. The van der Waals surface area contributed by atoms with Crippen LogP contribution in [0.25, 0.3) is 0 Å². The largest absolute Gasteiger partial charge is 0.495 e. The Kier molecular flexibility index (Phi) is 3.92. The van der Waals surface area contributed by atoms with Crippen LogP contribution in [0.4, 0.5) is 5.69 Å². The van der Waals surface area contributed by atoms with Crippen molar-refractivity contribution >= 4 is 5.69 Å². The Labute approximate surface area is 108 Å². The van der Waals surface area contributed by atoms with Crippen molar-refractivity contribution in [3.63, 3.8) is 0 Å². The maximum Gasteiger partial charge on any atom is 0.142 e. The fourth-order valence-electron chi connectivity index (χ4n) is 1.93. The predicted molar refractivity (Wildman–Crippen MR) is 75.2 cm³/mol. The lowest BCUT2D eigenvalue weighted by Crippen LogP contribution is -2.01. The van der Waals surface area contributed by atoms with Gasteiger partial charge in [0.1, 0.15) is 5.75 Å². The molecule has 0 aliphatic carbocycles. The van der Waals surface area contributed by atoms with Crippen LogP contribution in [-0.2, 0) is 13.1 Å². The molecule has 0 saturated heterocycles. The van der Waals surface area contributed by atoms with Gasteiger partial charge in [0, 0.05) is 25.5 Å². The minimum atomic E-state index is 0.812. The second kappa shape index (κ2) is 5.63. The minimum absolute atomic E-state index is 0.812. The zero-order valence-electron chi connectivity index (χ0n) is 11.2. The second-order valence-electron chi connectivity index (χ2n) is 4.41. The fourth-order valence-corrected chi connectivity index (χ4v) is 1.93. The fraction of sp³-hybridized carbons (Fsp3) is 0.333. The van der Waals surface area contributed by atoms with Gasteiger partial charge in [-0.15, -0.1) is 0 Å². The summed E-state index contributed by atoms with van der Waals surface area (Å²) >= 11 is 0. The number of benzene rings is 1. The molecule has 0 saturated carbocycles. The van der Waals surface area contributed by atoms with Crippen LogP contribution in [0.15, 0.2) is 36.7 Å². The Morgan fingerprint density at radius 1 is 1.28 bits per heavy atom. The minimum Gasteiger partial charge on any atom is -0.495 e. The third-order valence-corrected chi connectivity index (χ3v) is 3.02. The van der Waals surface area contributed by atoms with Gasteiger partial charge < -0.3 is 14.6 Å². The van der Waals surface area contributed by atoms with E-state index in [9.17, 15) is 0 Å². The Hall–Kier alpha value is -1.90. The molecule has 18 heavy (non-hydrogen) atoms. The van der Waals surface area contributed by atoms with Crippen molar-refractivity contribution in [2.45, 2.75) is 26.9 Å². The van der Waals surface area contributed by atoms with Crippen LogP contribution < -0.4 is 10.1 Å². The van der Waals surface area contributed by atoms with E-state index in [2.05, 4.69) is 54.3 Å². The lowest BCUT2D eigenvalue weighted by molar-refractivity contribution is 0.416. The summed E-state index contributed by atoms with van der Waals surface area (Å²) in [5, 5.41) is 3.41. The van der Waals surface area contributed by atoms with Crippen LogP contribution in [0.2, 0.25) is 0 Å². The van der Waals surface area contributed by atoms with E-state index in [1.807, 2.05) is 6.07 Å². The van der Waals surface area contributed by atoms with Gasteiger partial charge in [-0.3, -0.25) is 0 Å². The molecule has 0 aliphatic rings. The van der Waals surface area contributed by atoms with E-state index >= 15 is 0 Å². The Balaban J connectivity index is 2.05. The van der Waals surface area contributed by atoms with Crippen LogP contribution in [0, 0.1) is 6.92 Å². The van der Waals surface area contributed by atoms with Gasteiger partial charge in [0.15, 0.2) is 0 Å². The molecule has 1 heterocycles. The number of anilines is 1. The number of rotatable bonds is 5. The van der Waals surface area contributed by atoms with E-state index < -0.39 is 0 Å². The lowest BCUT2D eigenvalue weighted by atomic mass is 10.2. The average Bonchev–Trinajstić information content (AvgIpc) is 2.85. The number of hydrogen-bond acceptors (Lipinski definition) is 2. The zero-order valence-corrected chi connectivity index (χ0v) is 11.2. The van der Waals surface area contributed by atoms with Gasteiger partial charge in [0.05, 0.1) is 12.8 Å². The van der Waals surface area contributed by atoms with Crippen LogP contribution in [-0.4, -0.2) is 11.7 Å². The molecule has 0 bridgehead atoms. The molecule has 0 amide bonds. The molecule has 2 rings (SSSR count). The Morgan fingerprint density at radius 2 is 2.11 bits per heavy atom. The van der Waals surface area contributed by atoms with E-state index in [0.717, 1.165) is 24.5 Å². The maximum absolute atomic E-state index is 5.37. The van der Waals surface area contributed by atoms with E-state index in [0.29, 0.717) is 0 Å². The van der Waals surface area contributed by atoms with Crippen molar-refractivity contribution in [3.8, 4) is 5.75 Å². The molecule has 0 aliphatic heterocycles. The van der Waals surface area contributed by atoms with Crippen molar-refractivity contribution in [2.24, 2.45) is 0 Å². The first-order chi connectivity index (χ1) is 8.72. The molecule has 0 unspecified atom stereocenters. The van der Waals surface area contributed by atoms with E-state index in [-0.39, 0.29) is 0 Å². The first-order valence-electron chi connectivity index (χ1n) is 6.26. The highest BCUT2D eigenvalue weighted by atomic mass is 16.5. The highest BCUT2D eigenvalue weighted by Gasteiger charge is 2.03. The molecular formula is C15H20N2O. The lowest BCUT2D eigenvalue weighted by Gasteiger charge is -2.11. The average molecular weight is 244 g/mol. The van der Waals surface area contributed by atoms with Gasteiger partial charge in [-0.1, -0.05) is 6.07 Å². The molecule has 0 spiro atoms. The smallest absolute Gasteiger partial charge is 0.142 e. The summed E-state index contributed by atoms with van der Waals surface area (Å²) in [6, 6.07) is 8.32. The summed E-state index contributed by atoms with van der Waals surface area (Å²) in [6.45, 7) is 6.02.